The number of halogens is 1. The van der Waals surface area contributed by atoms with E-state index in [9.17, 15) is 9.59 Å². The van der Waals surface area contributed by atoms with Crippen LogP contribution in [0.5, 0.6) is 0 Å². The van der Waals surface area contributed by atoms with E-state index in [1.54, 1.807) is 6.92 Å². The zero-order valence-corrected chi connectivity index (χ0v) is 12.9. The molecule has 0 fully saturated rings. The summed E-state index contributed by atoms with van der Waals surface area (Å²) in [6.07, 6.45) is -0.629. The van der Waals surface area contributed by atoms with Gasteiger partial charge in [-0.15, -0.1) is 0 Å². The highest BCUT2D eigenvalue weighted by atomic mass is 127. The molecule has 0 aliphatic carbocycles. The van der Waals surface area contributed by atoms with Gasteiger partial charge in [0.15, 0.2) is 0 Å². The van der Waals surface area contributed by atoms with Gasteiger partial charge in [0.05, 0.1) is 17.6 Å². The highest BCUT2D eigenvalue weighted by molar-refractivity contribution is 14.1. The Hall–Kier alpha value is -1.31. The van der Waals surface area contributed by atoms with Crippen molar-refractivity contribution >= 4 is 34.7 Å². The van der Waals surface area contributed by atoms with E-state index < -0.39 is 18.1 Å². The van der Waals surface area contributed by atoms with Gasteiger partial charge in [-0.25, -0.2) is 9.59 Å². The molecule has 1 N–H and O–H groups in total. The molecule has 0 unspecified atom stereocenters. The third-order valence-corrected chi connectivity index (χ3v) is 3.85. The van der Waals surface area contributed by atoms with Crippen LogP contribution < -0.4 is 5.32 Å². The molecule has 0 aromatic heterocycles. The minimum absolute atomic E-state index is 0.240. The van der Waals surface area contributed by atoms with E-state index in [1.165, 1.54) is 7.11 Å². The minimum atomic E-state index is -0.785. The lowest BCUT2D eigenvalue weighted by Gasteiger charge is -2.21. The number of hydrogen-bond donors (Lipinski definition) is 1. The summed E-state index contributed by atoms with van der Waals surface area (Å²) in [5, 5.41) is 2.52. The van der Waals surface area contributed by atoms with Crippen molar-refractivity contribution in [1.29, 1.82) is 0 Å². The molecule has 1 rings (SSSR count). The molecule has 2 atom stereocenters. The summed E-state index contributed by atoms with van der Waals surface area (Å²) in [5.74, 6) is -0.503. The highest BCUT2D eigenvalue weighted by Gasteiger charge is 2.30. The monoisotopic (exact) mass is 377 g/mol. The third kappa shape index (κ3) is 4.70. The standard InChI is InChI=1S/C13H16INO4/c1-3-19-13(17)15-11(12(16)18-2)10(14)9-7-5-4-6-8-9/h4-8,10-11H,3H2,1-2H3,(H,15,17)/t10-,11-/m0/s1. The number of esters is 1. The number of methoxy groups -OCH3 is 1. The molecule has 6 heteroatoms. The minimum Gasteiger partial charge on any atom is -0.467 e. The van der Waals surface area contributed by atoms with Gasteiger partial charge in [-0.2, -0.15) is 0 Å². The quantitative estimate of drug-likeness (QED) is 0.487. The summed E-state index contributed by atoms with van der Waals surface area (Å²) in [4.78, 5) is 23.2. The van der Waals surface area contributed by atoms with E-state index in [1.807, 2.05) is 30.3 Å². The molecule has 1 aromatic rings. The lowest BCUT2D eigenvalue weighted by molar-refractivity contribution is -0.142. The molecule has 1 aromatic carbocycles. The number of benzene rings is 1. The maximum atomic E-state index is 11.8. The van der Waals surface area contributed by atoms with Crippen molar-refractivity contribution in [3.8, 4) is 0 Å². The van der Waals surface area contributed by atoms with Crippen molar-refractivity contribution in [3.63, 3.8) is 0 Å². The Morgan fingerprint density at radius 3 is 2.47 bits per heavy atom. The topological polar surface area (TPSA) is 64.6 Å². The van der Waals surface area contributed by atoms with Gasteiger partial charge in [0.1, 0.15) is 6.04 Å². The highest BCUT2D eigenvalue weighted by Crippen LogP contribution is 2.27. The molecular formula is C13H16INO4. The molecule has 0 saturated carbocycles. The van der Waals surface area contributed by atoms with Gasteiger partial charge in [0.25, 0.3) is 0 Å². The molecule has 0 saturated heterocycles. The van der Waals surface area contributed by atoms with Crippen LogP contribution in [0.3, 0.4) is 0 Å². The molecule has 0 radical (unpaired) electrons. The van der Waals surface area contributed by atoms with Crippen LogP contribution in [0.1, 0.15) is 16.4 Å². The SMILES string of the molecule is CCOC(=O)N[C@H](C(=O)OC)[C@@H](I)c1ccccc1. The van der Waals surface area contributed by atoms with Crippen molar-refractivity contribution in [1.82, 2.24) is 5.32 Å². The van der Waals surface area contributed by atoms with Crippen LogP contribution in [0.4, 0.5) is 4.79 Å². The third-order valence-electron chi connectivity index (χ3n) is 2.41. The van der Waals surface area contributed by atoms with Crippen LogP contribution in [0.15, 0.2) is 30.3 Å². The number of rotatable bonds is 5. The number of carbonyl (C=O) groups excluding carboxylic acids is 2. The van der Waals surface area contributed by atoms with Crippen molar-refractivity contribution in [2.45, 2.75) is 16.9 Å². The van der Waals surface area contributed by atoms with Crippen LogP contribution in [-0.4, -0.2) is 31.8 Å². The molecule has 0 heterocycles. The average Bonchev–Trinajstić information content (AvgIpc) is 2.44. The molecule has 0 bridgehead atoms. The summed E-state index contributed by atoms with van der Waals surface area (Å²) in [6, 6.07) is 8.63. The fourth-order valence-corrected chi connectivity index (χ4v) is 2.40. The van der Waals surface area contributed by atoms with Gasteiger partial charge in [-0.05, 0) is 12.5 Å². The molecule has 5 nitrogen and oxygen atoms in total. The molecule has 0 aliphatic rings. The number of carbonyl (C=O) groups is 2. The summed E-state index contributed by atoms with van der Waals surface area (Å²) in [5.41, 5.74) is 0.926. The van der Waals surface area contributed by atoms with Gasteiger partial charge >= 0.3 is 12.1 Å². The molecule has 0 aliphatic heterocycles. The van der Waals surface area contributed by atoms with Gasteiger partial charge in [0, 0.05) is 0 Å². The number of alkyl carbamates (subject to hydrolysis) is 1. The lowest BCUT2D eigenvalue weighted by Crippen LogP contribution is -2.44. The maximum Gasteiger partial charge on any atom is 0.407 e. The Kier molecular flexibility index (Phi) is 6.61. The molecule has 104 valence electrons. The van der Waals surface area contributed by atoms with E-state index in [-0.39, 0.29) is 10.5 Å². The summed E-state index contributed by atoms with van der Waals surface area (Å²) >= 11 is 2.10. The number of hydrogen-bond acceptors (Lipinski definition) is 4. The first-order valence-corrected chi connectivity index (χ1v) is 7.04. The smallest absolute Gasteiger partial charge is 0.407 e. The Balaban J connectivity index is 2.85. The first kappa shape index (κ1) is 15.7. The van der Waals surface area contributed by atoms with Crippen LogP contribution in [0.25, 0.3) is 0 Å². The fourth-order valence-electron chi connectivity index (χ4n) is 1.51. The summed E-state index contributed by atoms with van der Waals surface area (Å²) < 4.78 is 9.27. The molecule has 19 heavy (non-hydrogen) atoms. The van der Waals surface area contributed by atoms with Crippen molar-refractivity contribution in [2.75, 3.05) is 13.7 Å². The summed E-state index contributed by atoms with van der Waals surface area (Å²) in [7, 11) is 1.29. The molecular weight excluding hydrogens is 361 g/mol. The predicted octanol–water partition coefficient (Wildman–Crippen LogP) is 2.45. The predicted molar refractivity (Wildman–Crippen MR) is 79.2 cm³/mol. The van der Waals surface area contributed by atoms with Crippen LogP contribution >= 0.6 is 22.6 Å². The van der Waals surface area contributed by atoms with Crippen LogP contribution in [0.2, 0.25) is 0 Å². The summed E-state index contributed by atoms with van der Waals surface area (Å²) in [6.45, 7) is 1.95. The molecule has 0 spiro atoms. The fraction of sp³-hybridized carbons (Fsp3) is 0.385. The second kappa shape index (κ2) is 7.98. The van der Waals surface area contributed by atoms with Crippen molar-refractivity contribution < 1.29 is 19.1 Å². The van der Waals surface area contributed by atoms with Crippen molar-refractivity contribution in [2.24, 2.45) is 0 Å². The largest absolute Gasteiger partial charge is 0.467 e. The van der Waals surface area contributed by atoms with E-state index in [0.717, 1.165) is 5.56 Å². The number of nitrogens with one attached hydrogen (secondary N) is 1. The zero-order valence-electron chi connectivity index (χ0n) is 10.8. The van der Waals surface area contributed by atoms with Gasteiger partial charge in [-0.3, -0.25) is 0 Å². The number of alkyl halides is 1. The van der Waals surface area contributed by atoms with Gasteiger partial charge in [-0.1, -0.05) is 52.9 Å². The van der Waals surface area contributed by atoms with E-state index in [0.29, 0.717) is 0 Å². The number of ether oxygens (including phenoxy) is 2. The van der Waals surface area contributed by atoms with Gasteiger partial charge in [0.2, 0.25) is 0 Å². The lowest BCUT2D eigenvalue weighted by atomic mass is 10.1. The first-order chi connectivity index (χ1) is 9.10. The second-order valence-electron chi connectivity index (χ2n) is 3.68. The molecule has 1 amide bonds. The first-order valence-electron chi connectivity index (χ1n) is 5.80. The maximum absolute atomic E-state index is 11.8. The number of amides is 1. The van der Waals surface area contributed by atoms with Crippen LogP contribution in [-0.2, 0) is 14.3 Å². The van der Waals surface area contributed by atoms with Crippen LogP contribution in [0, 0.1) is 0 Å². The zero-order chi connectivity index (χ0) is 14.3. The van der Waals surface area contributed by atoms with Gasteiger partial charge < -0.3 is 14.8 Å². The second-order valence-corrected chi connectivity index (χ2v) is 5.02. The Morgan fingerprint density at radius 1 is 1.32 bits per heavy atom. The van der Waals surface area contributed by atoms with E-state index in [4.69, 9.17) is 9.47 Å². The Morgan fingerprint density at radius 2 is 1.95 bits per heavy atom. The van der Waals surface area contributed by atoms with E-state index >= 15 is 0 Å². The Bertz CT molecular complexity index is 424. The van der Waals surface area contributed by atoms with Crippen molar-refractivity contribution in [3.05, 3.63) is 35.9 Å². The average molecular weight is 377 g/mol. The Labute approximate surface area is 125 Å². The normalized spacial score (nSPS) is 13.2. The van der Waals surface area contributed by atoms with E-state index in [2.05, 4.69) is 27.9 Å².